The molecule has 20 heavy (non-hydrogen) atoms. The zero-order valence-corrected chi connectivity index (χ0v) is 12.8. The Bertz CT molecular complexity index is 435. The van der Waals surface area contributed by atoms with Crippen LogP contribution in [0.2, 0.25) is 0 Å². The van der Waals surface area contributed by atoms with Crippen molar-refractivity contribution < 1.29 is 4.74 Å². The molecule has 1 aromatic heterocycles. The largest absolute Gasteiger partial charge is 0.375 e. The van der Waals surface area contributed by atoms with Gasteiger partial charge in [-0.1, -0.05) is 26.7 Å². The summed E-state index contributed by atoms with van der Waals surface area (Å²) in [5.74, 6) is 0. The van der Waals surface area contributed by atoms with Gasteiger partial charge < -0.3 is 10.1 Å². The fourth-order valence-electron chi connectivity index (χ4n) is 3.59. The first-order chi connectivity index (χ1) is 9.67. The summed E-state index contributed by atoms with van der Waals surface area (Å²) in [5, 5.41) is 8.04. The van der Waals surface area contributed by atoms with Crippen LogP contribution in [0.3, 0.4) is 0 Å². The highest BCUT2D eigenvalue weighted by Gasteiger charge is 2.40. The van der Waals surface area contributed by atoms with Gasteiger partial charge in [0.1, 0.15) is 0 Å². The average molecular weight is 277 g/mol. The summed E-state index contributed by atoms with van der Waals surface area (Å²) in [6.45, 7) is 6.15. The smallest absolute Gasteiger partial charge is 0.0703 e. The Hall–Kier alpha value is -0.870. The molecule has 3 rings (SSSR count). The predicted molar refractivity (Wildman–Crippen MR) is 79.6 cm³/mol. The molecule has 112 valence electrons. The van der Waals surface area contributed by atoms with E-state index < -0.39 is 0 Å². The second-order valence-electron chi connectivity index (χ2n) is 6.75. The van der Waals surface area contributed by atoms with Gasteiger partial charge in [0.15, 0.2) is 0 Å². The Labute approximate surface area is 121 Å². The van der Waals surface area contributed by atoms with E-state index in [1.165, 1.54) is 31.2 Å². The first-order valence-electron chi connectivity index (χ1n) is 8.07. The van der Waals surface area contributed by atoms with Crippen molar-refractivity contribution in [2.24, 2.45) is 0 Å². The van der Waals surface area contributed by atoms with Crippen molar-refractivity contribution in [2.75, 3.05) is 6.61 Å². The first kappa shape index (κ1) is 14.1. The number of ether oxygens (including phenoxy) is 1. The second-order valence-corrected chi connectivity index (χ2v) is 6.75. The van der Waals surface area contributed by atoms with Crippen LogP contribution in [0.4, 0.5) is 0 Å². The van der Waals surface area contributed by atoms with Gasteiger partial charge in [0.05, 0.1) is 17.8 Å². The number of nitrogens with zero attached hydrogens (tertiary/aromatic N) is 2. The van der Waals surface area contributed by atoms with Crippen molar-refractivity contribution in [2.45, 2.75) is 76.6 Å². The van der Waals surface area contributed by atoms with Crippen LogP contribution in [-0.2, 0) is 11.3 Å². The van der Waals surface area contributed by atoms with Crippen LogP contribution < -0.4 is 5.32 Å². The lowest BCUT2D eigenvalue weighted by atomic mass is 9.89. The molecule has 0 bridgehead atoms. The maximum atomic E-state index is 6.11. The van der Waals surface area contributed by atoms with Crippen LogP contribution >= 0.6 is 0 Å². The molecule has 1 aliphatic carbocycles. The van der Waals surface area contributed by atoms with E-state index in [9.17, 15) is 0 Å². The van der Waals surface area contributed by atoms with Gasteiger partial charge in [-0.2, -0.15) is 5.10 Å². The van der Waals surface area contributed by atoms with E-state index in [2.05, 4.69) is 35.1 Å². The van der Waals surface area contributed by atoms with E-state index in [-0.39, 0.29) is 5.60 Å². The summed E-state index contributed by atoms with van der Waals surface area (Å²) in [4.78, 5) is 0. The Morgan fingerprint density at radius 2 is 2.25 bits per heavy atom. The molecule has 1 N–H and O–H groups in total. The zero-order valence-electron chi connectivity index (χ0n) is 12.8. The Morgan fingerprint density at radius 3 is 3.00 bits per heavy atom. The molecule has 2 aliphatic rings. The third kappa shape index (κ3) is 3.07. The summed E-state index contributed by atoms with van der Waals surface area (Å²) < 4.78 is 8.29. The Morgan fingerprint density at radius 1 is 1.45 bits per heavy atom. The van der Waals surface area contributed by atoms with E-state index in [4.69, 9.17) is 4.74 Å². The highest BCUT2D eigenvalue weighted by molar-refractivity contribution is 5.05. The fourth-order valence-corrected chi connectivity index (χ4v) is 3.59. The molecule has 1 aromatic rings. The molecule has 4 nitrogen and oxygen atoms in total. The minimum atomic E-state index is 0.172. The van der Waals surface area contributed by atoms with E-state index in [0.717, 1.165) is 26.0 Å². The summed E-state index contributed by atoms with van der Waals surface area (Å²) in [6, 6.07) is 1.04. The number of aromatic nitrogens is 2. The minimum absolute atomic E-state index is 0.172. The topological polar surface area (TPSA) is 39.1 Å². The van der Waals surface area contributed by atoms with Gasteiger partial charge in [0.25, 0.3) is 0 Å². The van der Waals surface area contributed by atoms with Crippen molar-refractivity contribution in [3.63, 3.8) is 0 Å². The molecule has 1 atom stereocenters. The highest BCUT2D eigenvalue weighted by Crippen LogP contribution is 2.43. The van der Waals surface area contributed by atoms with E-state index in [1.807, 2.05) is 6.20 Å². The maximum absolute atomic E-state index is 6.11. The molecule has 1 spiro atoms. The molecule has 1 unspecified atom stereocenters. The molecular formula is C16H27N3O. The number of nitrogens with one attached hydrogen (secondary N) is 1. The van der Waals surface area contributed by atoms with Gasteiger partial charge >= 0.3 is 0 Å². The van der Waals surface area contributed by atoms with Gasteiger partial charge in [0.2, 0.25) is 0 Å². The standard InChI is InChI=1S/C16H27N3O/c1-13(2)17-10-14-11-18-19(12-14)15-5-8-20-16(9-15)6-3-4-7-16/h11-13,15,17H,3-10H2,1-2H3. The average Bonchev–Trinajstić information content (AvgIpc) is 3.06. The van der Waals surface area contributed by atoms with E-state index in [0.29, 0.717) is 12.1 Å². The molecule has 1 saturated heterocycles. The van der Waals surface area contributed by atoms with Gasteiger partial charge in [-0.3, -0.25) is 4.68 Å². The van der Waals surface area contributed by atoms with Crippen LogP contribution in [0.1, 0.15) is 64.0 Å². The molecule has 1 aliphatic heterocycles. The lowest BCUT2D eigenvalue weighted by molar-refractivity contribution is -0.0910. The van der Waals surface area contributed by atoms with E-state index >= 15 is 0 Å². The van der Waals surface area contributed by atoms with Crippen LogP contribution in [0.15, 0.2) is 12.4 Å². The maximum Gasteiger partial charge on any atom is 0.0703 e. The summed E-state index contributed by atoms with van der Waals surface area (Å²) in [5.41, 5.74) is 1.45. The molecule has 0 amide bonds. The monoisotopic (exact) mass is 277 g/mol. The van der Waals surface area contributed by atoms with Crippen LogP contribution in [0, 0.1) is 0 Å². The fraction of sp³-hybridized carbons (Fsp3) is 0.812. The summed E-state index contributed by atoms with van der Waals surface area (Å²) >= 11 is 0. The highest BCUT2D eigenvalue weighted by atomic mass is 16.5. The zero-order chi connectivity index (χ0) is 14.0. The normalized spacial score (nSPS) is 25.6. The van der Waals surface area contributed by atoms with Crippen molar-refractivity contribution in [1.82, 2.24) is 15.1 Å². The van der Waals surface area contributed by atoms with Crippen LogP contribution in [-0.4, -0.2) is 28.0 Å². The van der Waals surface area contributed by atoms with Gasteiger partial charge in [-0.05, 0) is 25.7 Å². The molecule has 2 heterocycles. The van der Waals surface area contributed by atoms with Crippen LogP contribution in [0.25, 0.3) is 0 Å². The number of hydrogen-bond acceptors (Lipinski definition) is 3. The SMILES string of the molecule is CC(C)NCc1cnn(C2CCOC3(CCCC3)C2)c1. The lowest BCUT2D eigenvalue weighted by Crippen LogP contribution is -2.38. The molecule has 4 heteroatoms. The van der Waals surface area contributed by atoms with Crippen LogP contribution in [0.5, 0.6) is 0 Å². The second kappa shape index (κ2) is 5.86. The Kier molecular flexibility index (Phi) is 4.13. The summed E-state index contributed by atoms with van der Waals surface area (Å²) in [7, 11) is 0. The van der Waals surface area contributed by atoms with Gasteiger partial charge in [-0.25, -0.2) is 0 Å². The molecule has 2 fully saturated rings. The van der Waals surface area contributed by atoms with Crippen molar-refractivity contribution in [3.05, 3.63) is 18.0 Å². The molecular weight excluding hydrogens is 250 g/mol. The molecule has 1 saturated carbocycles. The van der Waals surface area contributed by atoms with Gasteiger partial charge in [-0.15, -0.1) is 0 Å². The van der Waals surface area contributed by atoms with Crippen molar-refractivity contribution >= 4 is 0 Å². The number of hydrogen-bond donors (Lipinski definition) is 1. The summed E-state index contributed by atoms with van der Waals surface area (Å²) in [6.07, 6.45) is 11.6. The molecule has 0 radical (unpaired) electrons. The Balaban J connectivity index is 1.63. The third-order valence-electron chi connectivity index (χ3n) is 4.73. The van der Waals surface area contributed by atoms with E-state index in [1.54, 1.807) is 0 Å². The quantitative estimate of drug-likeness (QED) is 0.919. The van der Waals surface area contributed by atoms with Crippen molar-refractivity contribution in [1.29, 1.82) is 0 Å². The van der Waals surface area contributed by atoms with Gasteiger partial charge in [0, 0.05) is 31.0 Å². The molecule has 0 aromatic carbocycles. The third-order valence-corrected chi connectivity index (χ3v) is 4.73. The minimum Gasteiger partial charge on any atom is -0.375 e. The number of rotatable bonds is 4. The predicted octanol–water partition coefficient (Wildman–Crippen LogP) is 3.05. The lowest BCUT2D eigenvalue weighted by Gasteiger charge is -2.38. The first-order valence-corrected chi connectivity index (χ1v) is 8.07. The van der Waals surface area contributed by atoms with Crippen molar-refractivity contribution in [3.8, 4) is 0 Å².